The molecule has 2 aliphatic heterocycles. The lowest BCUT2D eigenvalue weighted by atomic mass is 10.00. The van der Waals surface area contributed by atoms with Gasteiger partial charge in [-0.25, -0.2) is 9.37 Å². The smallest absolute Gasteiger partial charge is 0.271 e. The molecule has 37 heavy (non-hydrogen) atoms. The Kier molecular flexibility index (Phi) is 5.85. The van der Waals surface area contributed by atoms with E-state index in [1.165, 1.54) is 0 Å². The van der Waals surface area contributed by atoms with Crippen LogP contribution in [-0.4, -0.2) is 83.5 Å². The van der Waals surface area contributed by atoms with Crippen LogP contribution in [0.5, 0.6) is 0 Å². The monoisotopic (exact) mass is 524 g/mol. The van der Waals surface area contributed by atoms with Crippen molar-refractivity contribution in [3.05, 3.63) is 45.5 Å². The average Bonchev–Trinajstić information content (AvgIpc) is 3.21. The molecule has 2 atom stereocenters. The lowest BCUT2D eigenvalue weighted by Crippen LogP contribution is -2.58. The number of hydrogen-bond donors (Lipinski definition) is 3. The van der Waals surface area contributed by atoms with Crippen molar-refractivity contribution < 1.29 is 4.39 Å². The molecule has 2 fully saturated rings. The Labute approximate surface area is 218 Å². The number of rotatable bonds is 4. The van der Waals surface area contributed by atoms with Crippen molar-refractivity contribution in [3.63, 3.8) is 0 Å². The van der Waals surface area contributed by atoms with E-state index in [0.717, 1.165) is 26.2 Å². The number of aromatic amines is 2. The van der Waals surface area contributed by atoms with Crippen molar-refractivity contribution in [1.29, 1.82) is 0 Å². The first-order valence-electron chi connectivity index (χ1n) is 12.5. The number of anilines is 2. The zero-order valence-corrected chi connectivity index (χ0v) is 22.0. The maximum Gasteiger partial charge on any atom is 0.271 e. The molecular weight excluding hydrogens is 495 g/mol. The lowest BCUT2D eigenvalue weighted by Gasteiger charge is -2.43. The Hall–Kier alpha value is -3.21. The number of nitrogens with one attached hydrogen (secondary N) is 3. The summed E-state index contributed by atoms with van der Waals surface area (Å²) in [5.41, 5.74) is 1.17. The minimum absolute atomic E-state index is 0.160. The van der Waals surface area contributed by atoms with Crippen LogP contribution in [-0.2, 0) is 0 Å². The van der Waals surface area contributed by atoms with E-state index in [4.69, 9.17) is 21.6 Å². The quantitative estimate of drug-likeness (QED) is 0.377. The first kappa shape index (κ1) is 24.1. The number of H-pyrrole nitrogens is 2. The molecule has 2 aliphatic rings. The summed E-state index contributed by atoms with van der Waals surface area (Å²) in [6.45, 7) is 7.34. The summed E-state index contributed by atoms with van der Waals surface area (Å²) in [6, 6.07) is 7.75. The minimum atomic E-state index is -0.525. The lowest BCUT2D eigenvalue weighted by molar-refractivity contribution is 0.245. The second-order valence-corrected chi connectivity index (χ2v) is 10.8. The van der Waals surface area contributed by atoms with Crippen LogP contribution in [0.3, 0.4) is 0 Å². The number of fused-ring (bicyclic) bond motifs is 2. The van der Waals surface area contributed by atoms with E-state index in [-0.39, 0.29) is 33.7 Å². The van der Waals surface area contributed by atoms with Crippen molar-refractivity contribution in [2.75, 3.05) is 50.1 Å². The van der Waals surface area contributed by atoms with Gasteiger partial charge in [-0.05, 0) is 40.1 Å². The van der Waals surface area contributed by atoms with Gasteiger partial charge in [0.2, 0.25) is 5.95 Å². The molecule has 0 bridgehead atoms. The molecule has 4 aromatic rings. The van der Waals surface area contributed by atoms with Crippen LogP contribution in [0.1, 0.15) is 13.8 Å². The third-order valence-corrected chi connectivity index (χ3v) is 7.94. The largest absolute Gasteiger partial charge is 0.350 e. The number of benzene rings is 2. The van der Waals surface area contributed by atoms with Gasteiger partial charge < -0.3 is 20.0 Å². The predicted molar refractivity (Wildman–Crippen MR) is 146 cm³/mol. The summed E-state index contributed by atoms with van der Waals surface area (Å²) in [5.74, 6) is 0.677. The summed E-state index contributed by atoms with van der Waals surface area (Å²) in [4.78, 5) is 28.4. The highest BCUT2D eigenvalue weighted by Gasteiger charge is 2.33. The zero-order valence-electron chi connectivity index (χ0n) is 21.3. The fourth-order valence-corrected chi connectivity index (χ4v) is 5.60. The summed E-state index contributed by atoms with van der Waals surface area (Å²) in [6.07, 6.45) is 0. The first-order valence-corrected chi connectivity index (χ1v) is 12.9. The van der Waals surface area contributed by atoms with Gasteiger partial charge in [0.05, 0.1) is 15.9 Å². The molecule has 0 saturated carbocycles. The number of aromatic nitrogens is 4. The Morgan fingerprint density at radius 1 is 1.11 bits per heavy atom. The Morgan fingerprint density at radius 3 is 2.65 bits per heavy atom. The van der Waals surface area contributed by atoms with Crippen LogP contribution in [0.25, 0.3) is 32.9 Å². The van der Waals surface area contributed by atoms with Gasteiger partial charge in [0.15, 0.2) is 5.82 Å². The maximum atomic E-state index is 16.5. The standard InChI is InChI=1S/C26H30ClFN8O/c1-13-10-36(14(2)9-29-13)24-18-8-19(27)20(16-6-5-7-17-22(16)32-33-25(17)37)21(28)23(18)30-26(31-24)35-11-15(12-35)34(3)4/h5-8,13-15,29H,9-12H2,1-4H3,(H2,32,33,37)/t13-,14+/m1/s1. The van der Waals surface area contributed by atoms with Crippen LogP contribution >= 0.6 is 11.6 Å². The molecule has 0 aliphatic carbocycles. The highest BCUT2D eigenvalue weighted by atomic mass is 35.5. The van der Waals surface area contributed by atoms with Gasteiger partial charge in [0, 0.05) is 60.8 Å². The molecule has 4 heterocycles. The molecule has 9 nitrogen and oxygen atoms in total. The van der Waals surface area contributed by atoms with Crippen molar-refractivity contribution in [2.24, 2.45) is 0 Å². The topological polar surface area (TPSA) is 96.2 Å². The number of hydrogen-bond acceptors (Lipinski definition) is 7. The molecule has 2 aromatic carbocycles. The maximum absolute atomic E-state index is 16.5. The number of nitrogens with zero attached hydrogens (tertiary/aromatic N) is 5. The fourth-order valence-electron chi connectivity index (χ4n) is 5.31. The van der Waals surface area contributed by atoms with Crippen molar-refractivity contribution >= 4 is 45.2 Å². The van der Waals surface area contributed by atoms with E-state index >= 15 is 4.39 Å². The Morgan fingerprint density at radius 2 is 1.89 bits per heavy atom. The van der Waals surface area contributed by atoms with Crippen LogP contribution < -0.4 is 20.7 Å². The Balaban J connectivity index is 1.57. The molecule has 0 radical (unpaired) electrons. The third kappa shape index (κ3) is 3.94. The summed E-state index contributed by atoms with van der Waals surface area (Å²) in [7, 11) is 4.11. The summed E-state index contributed by atoms with van der Waals surface area (Å²) < 4.78 is 16.5. The van der Waals surface area contributed by atoms with E-state index in [9.17, 15) is 4.79 Å². The molecule has 0 spiro atoms. The highest BCUT2D eigenvalue weighted by molar-refractivity contribution is 6.35. The van der Waals surface area contributed by atoms with Crippen LogP contribution in [0.4, 0.5) is 16.2 Å². The molecule has 3 N–H and O–H groups in total. The van der Waals surface area contributed by atoms with Gasteiger partial charge in [0.1, 0.15) is 11.3 Å². The zero-order chi connectivity index (χ0) is 26.0. The fraction of sp³-hybridized carbons (Fsp3) is 0.423. The van der Waals surface area contributed by atoms with Gasteiger partial charge in [-0.1, -0.05) is 23.7 Å². The highest BCUT2D eigenvalue weighted by Crippen LogP contribution is 2.41. The molecule has 0 amide bonds. The normalized spacial score (nSPS) is 20.8. The molecule has 11 heteroatoms. The van der Waals surface area contributed by atoms with E-state index in [0.29, 0.717) is 39.7 Å². The van der Waals surface area contributed by atoms with Crippen LogP contribution in [0.2, 0.25) is 5.02 Å². The Bertz CT molecular complexity index is 1560. The van der Waals surface area contributed by atoms with Gasteiger partial charge >= 0.3 is 0 Å². The molecule has 2 aromatic heterocycles. The second-order valence-electron chi connectivity index (χ2n) is 10.4. The second kappa shape index (κ2) is 8.97. The number of piperazine rings is 1. The molecule has 194 valence electrons. The number of likely N-dealkylation sites (N-methyl/N-ethyl adjacent to an activating group) is 1. The third-order valence-electron chi connectivity index (χ3n) is 7.64. The van der Waals surface area contributed by atoms with E-state index < -0.39 is 5.82 Å². The number of halogens is 2. The van der Waals surface area contributed by atoms with Gasteiger partial charge in [-0.2, -0.15) is 4.98 Å². The van der Waals surface area contributed by atoms with Crippen molar-refractivity contribution in [1.82, 2.24) is 30.4 Å². The van der Waals surface area contributed by atoms with Gasteiger partial charge in [-0.15, -0.1) is 0 Å². The first-order chi connectivity index (χ1) is 17.7. The molecule has 2 saturated heterocycles. The molecule has 0 unspecified atom stereocenters. The summed E-state index contributed by atoms with van der Waals surface area (Å²) >= 11 is 6.78. The molecular formula is C26H30ClFN8O. The van der Waals surface area contributed by atoms with E-state index in [2.05, 4.69) is 58.2 Å². The van der Waals surface area contributed by atoms with Gasteiger partial charge in [0.25, 0.3) is 5.56 Å². The summed E-state index contributed by atoms with van der Waals surface area (Å²) in [5, 5.41) is 10.2. The van der Waals surface area contributed by atoms with Crippen molar-refractivity contribution in [3.8, 4) is 11.1 Å². The van der Waals surface area contributed by atoms with Gasteiger partial charge in [-0.3, -0.25) is 15.0 Å². The number of para-hydroxylation sites is 1. The average molecular weight is 525 g/mol. The molecule has 6 rings (SSSR count). The van der Waals surface area contributed by atoms with E-state index in [1.807, 2.05) is 0 Å². The van der Waals surface area contributed by atoms with Crippen LogP contribution in [0.15, 0.2) is 29.1 Å². The van der Waals surface area contributed by atoms with Crippen LogP contribution in [0, 0.1) is 5.82 Å². The SMILES string of the molecule is C[C@@H]1CN(c2nc(N3CC(N(C)C)C3)nc3c(F)c(-c4cccc5c(=O)[nH][nH]c45)c(Cl)cc23)[C@@H](C)CN1. The predicted octanol–water partition coefficient (Wildman–Crippen LogP) is 3.20. The van der Waals surface area contributed by atoms with Crippen molar-refractivity contribution in [2.45, 2.75) is 32.0 Å². The van der Waals surface area contributed by atoms with E-state index in [1.54, 1.807) is 24.3 Å². The minimum Gasteiger partial charge on any atom is -0.350 e.